The quantitative estimate of drug-likeness (QED) is 0.808. The van der Waals surface area contributed by atoms with Gasteiger partial charge in [0.2, 0.25) is 10.0 Å². The van der Waals surface area contributed by atoms with Crippen LogP contribution < -0.4 is 10.5 Å². The van der Waals surface area contributed by atoms with Gasteiger partial charge >= 0.3 is 0 Å². The molecule has 2 rings (SSSR count). The topological polar surface area (TPSA) is 81.4 Å². The number of sulfonamides is 1. The van der Waals surface area contributed by atoms with E-state index in [1.54, 1.807) is 31.4 Å². The maximum Gasteiger partial charge on any atom is 0.242 e. The van der Waals surface area contributed by atoms with Crippen molar-refractivity contribution in [3.05, 3.63) is 29.8 Å². The van der Waals surface area contributed by atoms with Crippen LogP contribution in [0.25, 0.3) is 0 Å². The Morgan fingerprint density at radius 3 is 2.81 bits per heavy atom. The van der Waals surface area contributed by atoms with Gasteiger partial charge in [-0.2, -0.15) is 0 Å². The summed E-state index contributed by atoms with van der Waals surface area (Å²) in [6.07, 6.45) is 2.49. The summed E-state index contributed by atoms with van der Waals surface area (Å²) in [6.45, 7) is 0.194. The van der Waals surface area contributed by atoms with E-state index in [2.05, 4.69) is 16.6 Å². The van der Waals surface area contributed by atoms with Crippen LogP contribution >= 0.6 is 0 Å². The fourth-order valence-electron chi connectivity index (χ4n) is 2.49. The predicted molar refractivity (Wildman–Crippen MR) is 81.1 cm³/mol. The van der Waals surface area contributed by atoms with Crippen molar-refractivity contribution in [3.8, 4) is 11.8 Å². The summed E-state index contributed by atoms with van der Waals surface area (Å²) < 4.78 is 33.0. The Balaban J connectivity index is 2.20. The first kappa shape index (κ1) is 16.0. The van der Waals surface area contributed by atoms with Gasteiger partial charge in [-0.05, 0) is 31.4 Å². The maximum atomic E-state index is 12.5. The maximum absolute atomic E-state index is 12.5. The van der Waals surface area contributed by atoms with Crippen molar-refractivity contribution < 1.29 is 13.2 Å². The molecular formula is C15H20N2O3S. The molecule has 2 unspecified atom stereocenters. The lowest BCUT2D eigenvalue weighted by Crippen LogP contribution is -2.33. The molecule has 3 N–H and O–H groups in total. The van der Waals surface area contributed by atoms with Gasteiger partial charge in [0.15, 0.2) is 0 Å². The molecule has 0 amide bonds. The average Bonchev–Trinajstić information content (AvgIpc) is 2.92. The SMILES string of the molecule is COC1CCC(NS(=O)(=O)c2ccccc2C#CCN)C1. The first-order valence-corrected chi connectivity index (χ1v) is 8.38. The van der Waals surface area contributed by atoms with Crippen LogP contribution in [0.3, 0.4) is 0 Å². The minimum absolute atomic E-state index is 0.0875. The number of nitrogens with two attached hydrogens (primary N) is 1. The second kappa shape index (κ2) is 7.05. The van der Waals surface area contributed by atoms with Crippen molar-refractivity contribution in [2.45, 2.75) is 36.3 Å². The third kappa shape index (κ3) is 4.05. The van der Waals surface area contributed by atoms with E-state index in [-0.39, 0.29) is 23.6 Å². The van der Waals surface area contributed by atoms with Crippen molar-refractivity contribution in [2.24, 2.45) is 5.73 Å². The molecule has 0 radical (unpaired) electrons. The van der Waals surface area contributed by atoms with E-state index in [0.29, 0.717) is 12.0 Å². The summed E-state index contributed by atoms with van der Waals surface area (Å²) in [5.41, 5.74) is 5.81. The first-order valence-electron chi connectivity index (χ1n) is 6.90. The van der Waals surface area contributed by atoms with Crippen molar-refractivity contribution >= 4 is 10.0 Å². The number of methoxy groups -OCH3 is 1. The fourth-order valence-corrected chi connectivity index (χ4v) is 3.94. The lowest BCUT2D eigenvalue weighted by atomic mass is 10.2. The van der Waals surface area contributed by atoms with Gasteiger partial charge in [-0.3, -0.25) is 0 Å². The van der Waals surface area contributed by atoms with Crippen LogP contribution in [0.1, 0.15) is 24.8 Å². The number of nitrogens with one attached hydrogen (secondary N) is 1. The molecule has 0 bridgehead atoms. The molecule has 0 saturated heterocycles. The molecule has 21 heavy (non-hydrogen) atoms. The van der Waals surface area contributed by atoms with E-state index >= 15 is 0 Å². The Bertz CT molecular complexity index is 646. The fraction of sp³-hybridized carbons (Fsp3) is 0.467. The molecule has 114 valence electrons. The van der Waals surface area contributed by atoms with Gasteiger partial charge in [0, 0.05) is 18.7 Å². The highest BCUT2D eigenvalue weighted by molar-refractivity contribution is 7.89. The van der Waals surface area contributed by atoms with Crippen LogP contribution in [-0.4, -0.2) is 34.2 Å². The minimum atomic E-state index is -3.59. The summed E-state index contributed by atoms with van der Waals surface area (Å²) in [5.74, 6) is 5.50. The zero-order chi connectivity index (χ0) is 15.3. The highest BCUT2D eigenvalue weighted by atomic mass is 32.2. The Hall–Kier alpha value is -1.39. The molecule has 2 atom stereocenters. The molecule has 1 aliphatic carbocycles. The smallest absolute Gasteiger partial charge is 0.242 e. The predicted octanol–water partition coefficient (Wildman–Crippen LogP) is 0.843. The Morgan fingerprint density at radius 1 is 1.38 bits per heavy atom. The van der Waals surface area contributed by atoms with E-state index < -0.39 is 10.0 Å². The second-order valence-electron chi connectivity index (χ2n) is 4.99. The van der Waals surface area contributed by atoms with Crippen LogP contribution in [0.2, 0.25) is 0 Å². The monoisotopic (exact) mass is 308 g/mol. The summed E-state index contributed by atoms with van der Waals surface area (Å²) in [4.78, 5) is 0.201. The van der Waals surface area contributed by atoms with Gasteiger partial charge < -0.3 is 10.5 Å². The summed E-state index contributed by atoms with van der Waals surface area (Å²) >= 11 is 0. The van der Waals surface area contributed by atoms with Crippen molar-refractivity contribution in [1.82, 2.24) is 4.72 Å². The minimum Gasteiger partial charge on any atom is -0.381 e. The number of hydrogen-bond acceptors (Lipinski definition) is 4. The zero-order valence-electron chi connectivity index (χ0n) is 12.0. The zero-order valence-corrected chi connectivity index (χ0v) is 12.8. The van der Waals surface area contributed by atoms with Crippen LogP contribution in [0.4, 0.5) is 0 Å². The van der Waals surface area contributed by atoms with Gasteiger partial charge in [0.25, 0.3) is 0 Å². The van der Waals surface area contributed by atoms with Crippen molar-refractivity contribution in [3.63, 3.8) is 0 Å². The summed E-state index contributed by atoms with van der Waals surface area (Å²) in [6, 6.07) is 6.61. The molecule has 1 saturated carbocycles. The largest absolute Gasteiger partial charge is 0.381 e. The highest BCUT2D eigenvalue weighted by Crippen LogP contribution is 2.24. The molecule has 0 heterocycles. The third-order valence-electron chi connectivity index (χ3n) is 3.54. The van der Waals surface area contributed by atoms with E-state index in [1.807, 2.05) is 0 Å². The second-order valence-corrected chi connectivity index (χ2v) is 6.67. The van der Waals surface area contributed by atoms with Gasteiger partial charge in [0.1, 0.15) is 0 Å². The van der Waals surface area contributed by atoms with Gasteiger partial charge in [-0.15, -0.1) is 0 Å². The van der Waals surface area contributed by atoms with E-state index in [0.717, 1.165) is 12.8 Å². The van der Waals surface area contributed by atoms with Gasteiger partial charge in [-0.1, -0.05) is 24.0 Å². The standard InChI is InChI=1S/C15H20N2O3S/c1-20-14-9-8-13(11-14)17-21(18,19)15-7-3-2-5-12(15)6-4-10-16/h2-3,5,7,13-14,17H,8-11,16H2,1H3. The third-order valence-corrected chi connectivity index (χ3v) is 5.12. The van der Waals surface area contributed by atoms with Crippen LogP contribution in [0.5, 0.6) is 0 Å². The number of benzene rings is 1. The lowest BCUT2D eigenvalue weighted by Gasteiger charge is -2.14. The molecule has 0 aliphatic heterocycles. The molecular weight excluding hydrogens is 288 g/mol. The van der Waals surface area contributed by atoms with Gasteiger partial charge in [0.05, 0.1) is 17.5 Å². The molecule has 1 aliphatic rings. The Kier molecular flexibility index (Phi) is 5.37. The molecule has 5 nitrogen and oxygen atoms in total. The number of ether oxygens (including phenoxy) is 1. The first-order chi connectivity index (χ1) is 10.1. The molecule has 0 spiro atoms. The average molecular weight is 308 g/mol. The number of hydrogen-bond donors (Lipinski definition) is 2. The van der Waals surface area contributed by atoms with Gasteiger partial charge in [-0.25, -0.2) is 13.1 Å². The van der Waals surface area contributed by atoms with Crippen LogP contribution in [-0.2, 0) is 14.8 Å². The van der Waals surface area contributed by atoms with E-state index in [9.17, 15) is 8.42 Å². The van der Waals surface area contributed by atoms with Crippen LogP contribution in [0, 0.1) is 11.8 Å². The molecule has 1 aromatic rings. The Labute approximate surface area is 125 Å². The summed E-state index contributed by atoms with van der Waals surface area (Å²) in [5, 5.41) is 0. The molecule has 1 fully saturated rings. The molecule has 6 heteroatoms. The normalized spacial score (nSPS) is 21.8. The van der Waals surface area contributed by atoms with Crippen molar-refractivity contribution in [2.75, 3.05) is 13.7 Å². The van der Waals surface area contributed by atoms with E-state index in [1.165, 1.54) is 0 Å². The number of rotatable bonds is 4. The van der Waals surface area contributed by atoms with Crippen molar-refractivity contribution in [1.29, 1.82) is 0 Å². The molecule has 1 aromatic carbocycles. The van der Waals surface area contributed by atoms with E-state index in [4.69, 9.17) is 10.5 Å². The Morgan fingerprint density at radius 2 is 2.14 bits per heavy atom. The summed E-state index contributed by atoms with van der Waals surface area (Å²) in [7, 11) is -1.93. The highest BCUT2D eigenvalue weighted by Gasteiger charge is 2.29. The molecule has 0 aromatic heterocycles. The van der Waals surface area contributed by atoms with Crippen LogP contribution in [0.15, 0.2) is 29.2 Å². The lowest BCUT2D eigenvalue weighted by molar-refractivity contribution is 0.107.